The summed E-state index contributed by atoms with van der Waals surface area (Å²) in [6.45, 7) is 6.24. The van der Waals surface area contributed by atoms with E-state index < -0.39 is 0 Å². The molecule has 29 heavy (non-hydrogen) atoms. The van der Waals surface area contributed by atoms with Gasteiger partial charge < -0.3 is 14.6 Å². The second-order valence-corrected chi connectivity index (χ2v) is 7.53. The SMILES string of the molecule is CC(C)=CCC/C(C)=C/Cc1oc2cc(O)ccc2c(=O)c1-c1ccc(O)cc1. The zero-order valence-electron chi connectivity index (χ0n) is 17.0. The van der Waals surface area contributed by atoms with Gasteiger partial charge in [0.25, 0.3) is 0 Å². The summed E-state index contributed by atoms with van der Waals surface area (Å²) in [5.41, 5.74) is 3.91. The minimum Gasteiger partial charge on any atom is -0.508 e. The van der Waals surface area contributed by atoms with Gasteiger partial charge in [0.15, 0.2) is 0 Å². The maximum Gasteiger partial charge on any atom is 0.200 e. The zero-order valence-corrected chi connectivity index (χ0v) is 17.0. The lowest BCUT2D eigenvalue weighted by Gasteiger charge is -2.10. The van der Waals surface area contributed by atoms with Gasteiger partial charge in [0.2, 0.25) is 5.43 Å². The van der Waals surface area contributed by atoms with Gasteiger partial charge in [-0.25, -0.2) is 0 Å². The maximum atomic E-state index is 13.2. The Kier molecular flexibility index (Phi) is 6.23. The molecule has 0 saturated heterocycles. The normalized spacial score (nSPS) is 11.6. The summed E-state index contributed by atoms with van der Waals surface area (Å²) in [6, 6.07) is 11.1. The Hall–Kier alpha value is -3.27. The number of benzene rings is 2. The van der Waals surface area contributed by atoms with Gasteiger partial charge in [0.1, 0.15) is 22.8 Å². The molecule has 0 spiro atoms. The van der Waals surface area contributed by atoms with E-state index >= 15 is 0 Å². The van der Waals surface area contributed by atoms with Gasteiger partial charge in [0, 0.05) is 12.5 Å². The van der Waals surface area contributed by atoms with E-state index in [0.29, 0.717) is 34.3 Å². The molecule has 0 aliphatic carbocycles. The van der Waals surface area contributed by atoms with Crippen LogP contribution in [0, 0.1) is 0 Å². The van der Waals surface area contributed by atoms with Crippen LogP contribution < -0.4 is 5.43 Å². The van der Waals surface area contributed by atoms with Crippen LogP contribution in [-0.2, 0) is 6.42 Å². The molecule has 3 rings (SSSR count). The second-order valence-electron chi connectivity index (χ2n) is 7.53. The largest absolute Gasteiger partial charge is 0.508 e. The van der Waals surface area contributed by atoms with Crippen LogP contribution in [0.5, 0.6) is 11.5 Å². The van der Waals surface area contributed by atoms with Crippen LogP contribution in [0.3, 0.4) is 0 Å². The first-order chi connectivity index (χ1) is 13.8. The third kappa shape index (κ3) is 4.96. The molecule has 0 unspecified atom stereocenters. The van der Waals surface area contributed by atoms with E-state index in [9.17, 15) is 15.0 Å². The third-order valence-electron chi connectivity index (χ3n) is 4.83. The maximum absolute atomic E-state index is 13.2. The highest BCUT2D eigenvalue weighted by atomic mass is 16.3. The smallest absolute Gasteiger partial charge is 0.200 e. The second kappa shape index (κ2) is 8.82. The Morgan fingerprint density at radius 3 is 2.34 bits per heavy atom. The van der Waals surface area contributed by atoms with Gasteiger partial charge in [-0.2, -0.15) is 0 Å². The first-order valence-electron chi connectivity index (χ1n) is 9.72. The van der Waals surface area contributed by atoms with E-state index in [4.69, 9.17) is 4.42 Å². The molecule has 0 amide bonds. The van der Waals surface area contributed by atoms with E-state index in [0.717, 1.165) is 12.8 Å². The summed E-state index contributed by atoms with van der Waals surface area (Å²) in [4.78, 5) is 13.2. The van der Waals surface area contributed by atoms with Crippen molar-refractivity contribution in [2.45, 2.75) is 40.0 Å². The monoisotopic (exact) mass is 390 g/mol. The molecule has 1 heterocycles. The predicted molar refractivity (Wildman–Crippen MR) is 117 cm³/mol. The molecule has 0 radical (unpaired) electrons. The van der Waals surface area contributed by atoms with Crippen molar-refractivity contribution in [3.63, 3.8) is 0 Å². The first kappa shape index (κ1) is 20.5. The Labute approximate surface area is 170 Å². The lowest BCUT2D eigenvalue weighted by atomic mass is 9.99. The van der Waals surface area contributed by atoms with Crippen molar-refractivity contribution in [3.05, 3.63) is 81.7 Å². The number of aromatic hydroxyl groups is 2. The molecule has 0 aliphatic heterocycles. The molecule has 150 valence electrons. The summed E-state index contributed by atoms with van der Waals surface area (Å²) in [6.07, 6.45) is 6.68. The number of allylic oxidation sites excluding steroid dienone is 4. The van der Waals surface area contributed by atoms with Crippen LogP contribution in [0.15, 0.2) is 75.0 Å². The summed E-state index contributed by atoms with van der Waals surface area (Å²) < 4.78 is 6.05. The van der Waals surface area contributed by atoms with Crippen LogP contribution in [0.2, 0.25) is 0 Å². The van der Waals surface area contributed by atoms with Crippen molar-refractivity contribution < 1.29 is 14.6 Å². The van der Waals surface area contributed by atoms with Gasteiger partial charge in [-0.05, 0) is 63.4 Å². The summed E-state index contributed by atoms with van der Waals surface area (Å²) in [7, 11) is 0. The van der Waals surface area contributed by atoms with E-state index in [1.54, 1.807) is 30.3 Å². The molecule has 4 nitrogen and oxygen atoms in total. The number of phenols is 2. The van der Waals surface area contributed by atoms with Crippen LogP contribution >= 0.6 is 0 Å². The van der Waals surface area contributed by atoms with E-state index in [1.807, 2.05) is 0 Å². The minimum atomic E-state index is -0.150. The van der Waals surface area contributed by atoms with Crippen LogP contribution in [-0.4, -0.2) is 10.2 Å². The Morgan fingerprint density at radius 1 is 0.966 bits per heavy atom. The molecule has 2 N–H and O–H groups in total. The Morgan fingerprint density at radius 2 is 1.66 bits per heavy atom. The van der Waals surface area contributed by atoms with Gasteiger partial charge in [-0.15, -0.1) is 0 Å². The quantitative estimate of drug-likeness (QED) is 0.498. The average molecular weight is 390 g/mol. The number of hydrogen-bond acceptors (Lipinski definition) is 4. The molecule has 1 aromatic heterocycles. The van der Waals surface area contributed by atoms with Crippen LogP contribution in [0.25, 0.3) is 22.1 Å². The standard InChI is InChI=1S/C25H26O4/c1-16(2)5-4-6-17(3)7-14-22-24(18-8-10-19(26)11-9-18)25(28)21-13-12-20(27)15-23(21)29-22/h5,7-13,15,26-27H,4,6,14H2,1-3H3/b17-7+. The van der Waals surface area contributed by atoms with E-state index in [2.05, 4.69) is 32.9 Å². The summed E-state index contributed by atoms with van der Waals surface area (Å²) in [5, 5.41) is 19.8. The number of hydrogen-bond donors (Lipinski definition) is 2. The van der Waals surface area contributed by atoms with Gasteiger partial charge in [0.05, 0.1) is 10.9 Å². The molecule has 0 atom stereocenters. The van der Waals surface area contributed by atoms with Gasteiger partial charge in [-0.3, -0.25) is 4.79 Å². The number of fused-ring (bicyclic) bond motifs is 1. The molecule has 0 bridgehead atoms. The Balaban J connectivity index is 2.06. The summed E-state index contributed by atoms with van der Waals surface area (Å²) in [5.74, 6) is 0.734. The highest BCUT2D eigenvalue weighted by Gasteiger charge is 2.16. The molecule has 0 aliphatic rings. The highest BCUT2D eigenvalue weighted by Crippen LogP contribution is 2.28. The molecule has 0 fully saturated rings. The number of phenolic OH excluding ortho intramolecular Hbond substituents is 2. The molecule has 0 saturated carbocycles. The molecular formula is C25H26O4. The molecular weight excluding hydrogens is 364 g/mol. The van der Waals surface area contributed by atoms with Crippen molar-refractivity contribution in [1.29, 1.82) is 0 Å². The van der Waals surface area contributed by atoms with Gasteiger partial charge >= 0.3 is 0 Å². The fraction of sp³-hybridized carbons (Fsp3) is 0.240. The van der Waals surface area contributed by atoms with Gasteiger partial charge in [-0.1, -0.05) is 35.4 Å². The van der Waals surface area contributed by atoms with Crippen molar-refractivity contribution in [1.82, 2.24) is 0 Å². The fourth-order valence-electron chi connectivity index (χ4n) is 3.25. The van der Waals surface area contributed by atoms with E-state index in [1.165, 1.54) is 23.3 Å². The van der Waals surface area contributed by atoms with Crippen molar-refractivity contribution in [2.75, 3.05) is 0 Å². The highest BCUT2D eigenvalue weighted by molar-refractivity contribution is 5.84. The zero-order chi connectivity index (χ0) is 21.0. The molecule has 3 aromatic rings. The lowest BCUT2D eigenvalue weighted by molar-refractivity contribution is 0.472. The minimum absolute atomic E-state index is 0.0532. The average Bonchev–Trinajstić information content (AvgIpc) is 2.67. The topological polar surface area (TPSA) is 70.7 Å². The lowest BCUT2D eigenvalue weighted by Crippen LogP contribution is -2.09. The Bertz CT molecular complexity index is 1130. The third-order valence-corrected chi connectivity index (χ3v) is 4.83. The van der Waals surface area contributed by atoms with Crippen molar-refractivity contribution >= 4 is 11.0 Å². The summed E-state index contributed by atoms with van der Waals surface area (Å²) >= 11 is 0. The van der Waals surface area contributed by atoms with Crippen LogP contribution in [0.4, 0.5) is 0 Å². The van der Waals surface area contributed by atoms with Crippen LogP contribution in [0.1, 0.15) is 39.4 Å². The van der Waals surface area contributed by atoms with Crippen molar-refractivity contribution in [2.24, 2.45) is 0 Å². The first-order valence-corrected chi connectivity index (χ1v) is 9.72. The predicted octanol–water partition coefficient (Wildman–Crippen LogP) is 6.11. The van der Waals surface area contributed by atoms with Crippen molar-refractivity contribution in [3.8, 4) is 22.6 Å². The number of rotatable bonds is 6. The van der Waals surface area contributed by atoms with E-state index in [-0.39, 0.29) is 16.9 Å². The molecule has 2 aromatic carbocycles. The molecule has 4 heteroatoms. The fourth-order valence-corrected chi connectivity index (χ4v) is 3.25.